The lowest BCUT2D eigenvalue weighted by Crippen LogP contribution is -2.29. The van der Waals surface area contributed by atoms with Crippen LogP contribution in [0.15, 0.2) is 17.6 Å². The molecular formula is C14H19N3O2S. The molecule has 0 aliphatic carbocycles. The highest BCUT2D eigenvalue weighted by Crippen LogP contribution is 2.22. The fraction of sp³-hybridized carbons (Fsp3) is 0.429. The van der Waals surface area contributed by atoms with Gasteiger partial charge in [0.2, 0.25) is 0 Å². The van der Waals surface area contributed by atoms with Gasteiger partial charge >= 0.3 is 0 Å². The minimum Gasteiger partial charge on any atom is -0.396 e. The average molecular weight is 293 g/mol. The third kappa shape index (κ3) is 2.91. The average Bonchev–Trinajstić information content (AvgIpc) is 3.03. The molecule has 0 aliphatic heterocycles. The quantitative estimate of drug-likeness (QED) is 0.885. The Morgan fingerprint density at radius 2 is 2.30 bits per heavy atom. The van der Waals surface area contributed by atoms with Gasteiger partial charge in [0, 0.05) is 36.1 Å². The van der Waals surface area contributed by atoms with Crippen molar-refractivity contribution in [2.45, 2.75) is 20.8 Å². The smallest absolute Gasteiger partial charge is 0.253 e. The topological polar surface area (TPSA) is 67.2 Å². The van der Waals surface area contributed by atoms with Crippen LogP contribution >= 0.6 is 11.3 Å². The van der Waals surface area contributed by atoms with Gasteiger partial charge in [-0.05, 0) is 25.8 Å². The molecule has 2 heterocycles. The summed E-state index contributed by atoms with van der Waals surface area (Å²) in [6.45, 7) is 6.30. The van der Waals surface area contributed by atoms with E-state index in [9.17, 15) is 4.79 Å². The standard InChI is InChI=1S/C14H19N3O2S/c1-9(8-18)7-16-13(19)12-6-10(2)17(11(12)3)14-15-4-5-20-14/h4-6,9,18H,7-8H2,1-3H3,(H,16,19). The summed E-state index contributed by atoms with van der Waals surface area (Å²) in [5.41, 5.74) is 2.52. The summed E-state index contributed by atoms with van der Waals surface area (Å²) in [7, 11) is 0. The molecule has 0 spiro atoms. The van der Waals surface area contributed by atoms with Crippen LogP contribution in [0, 0.1) is 19.8 Å². The molecule has 1 atom stereocenters. The van der Waals surface area contributed by atoms with E-state index in [-0.39, 0.29) is 18.4 Å². The number of nitrogens with zero attached hydrogens (tertiary/aromatic N) is 2. The summed E-state index contributed by atoms with van der Waals surface area (Å²) in [5.74, 6) is -0.0531. The Morgan fingerprint density at radius 3 is 2.90 bits per heavy atom. The van der Waals surface area contributed by atoms with Crippen molar-refractivity contribution in [2.24, 2.45) is 5.92 Å². The molecule has 0 saturated carbocycles. The molecule has 1 amide bonds. The predicted octanol–water partition coefficient (Wildman–Crippen LogP) is 1.91. The van der Waals surface area contributed by atoms with Crippen molar-refractivity contribution in [1.82, 2.24) is 14.9 Å². The predicted molar refractivity (Wildman–Crippen MR) is 79.5 cm³/mol. The molecule has 2 N–H and O–H groups in total. The van der Waals surface area contributed by atoms with Gasteiger partial charge in [0.05, 0.1) is 5.56 Å². The summed E-state index contributed by atoms with van der Waals surface area (Å²) in [4.78, 5) is 16.5. The van der Waals surface area contributed by atoms with Gasteiger partial charge in [-0.1, -0.05) is 6.92 Å². The van der Waals surface area contributed by atoms with Crippen molar-refractivity contribution in [1.29, 1.82) is 0 Å². The normalized spacial score (nSPS) is 12.4. The fourth-order valence-corrected chi connectivity index (χ4v) is 2.79. The van der Waals surface area contributed by atoms with Crippen LogP contribution in [0.25, 0.3) is 5.13 Å². The Hall–Kier alpha value is -1.66. The summed E-state index contributed by atoms with van der Waals surface area (Å²) in [5, 5.41) is 14.6. The molecule has 5 nitrogen and oxygen atoms in total. The van der Waals surface area contributed by atoms with Crippen LogP contribution in [-0.2, 0) is 0 Å². The number of nitrogens with one attached hydrogen (secondary N) is 1. The van der Waals surface area contributed by atoms with Crippen LogP contribution < -0.4 is 5.32 Å². The number of hydrogen-bond donors (Lipinski definition) is 2. The zero-order valence-electron chi connectivity index (χ0n) is 11.9. The van der Waals surface area contributed by atoms with Crippen molar-refractivity contribution in [3.63, 3.8) is 0 Å². The van der Waals surface area contributed by atoms with Crippen molar-refractivity contribution >= 4 is 17.2 Å². The number of aliphatic hydroxyl groups is 1. The van der Waals surface area contributed by atoms with Gasteiger partial charge in [-0.15, -0.1) is 11.3 Å². The molecule has 0 fully saturated rings. The Kier molecular flexibility index (Phi) is 4.57. The molecular weight excluding hydrogens is 274 g/mol. The Morgan fingerprint density at radius 1 is 1.55 bits per heavy atom. The number of aryl methyl sites for hydroxylation is 1. The number of aliphatic hydroxyl groups excluding tert-OH is 1. The molecule has 0 radical (unpaired) electrons. The van der Waals surface area contributed by atoms with Gasteiger partial charge in [-0.25, -0.2) is 4.98 Å². The first kappa shape index (κ1) is 14.7. The van der Waals surface area contributed by atoms with E-state index in [2.05, 4.69) is 10.3 Å². The molecule has 0 bridgehead atoms. The zero-order valence-corrected chi connectivity index (χ0v) is 12.7. The van der Waals surface area contributed by atoms with E-state index in [1.54, 1.807) is 6.20 Å². The maximum Gasteiger partial charge on any atom is 0.253 e. The number of hydrogen-bond acceptors (Lipinski definition) is 4. The largest absolute Gasteiger partial charge is 0.396 e. The molecule has 0 aromatic carbocycles. The highest BCUT2D eigenvalue weighted by atomic mass is 32.1. The second-order valence-corrected chi connectivity index (χ2v) is 5.81. The first-order valence-electron chi connectivity index (χ1n) is 6.52. The Balaban J connectivity index is 2.22. The molecule has 6 heteroatoms. The second kappa shape index (κ2) is 6.19. The monoisotopic (exact) mass is 293 g/mol. The van der Waals surface area contributed by atoms with E-state index < -0.39 is 0 Å². The Bertz CT molecular complexity index is 590. The molecule has 2 rings (SSSR count). The summed E-state index contributed by atoms with van der Waals surface area (Å²) in [6.07, 6.45) is 1.75. The number of carbonyl (C=O) groups is 1. The minimum atomic E-state index is -0.110. The maximum absolute atomic E-state index is 12.2. The van der Waals surface area contributed by atoms with Gasteiger partial charge in [0.15, 0.2) is 5.13 Å². The number of carbonyl (C=O) groups excluding carboxylic acids is 1. The second-order valence-electron chi connectivity index (χ2n) is 4.93. The van der Waals surface area contributed by atoms with Crippen LogP contribution in [0.5, 0.6) is 0 Å². The van der Waals surface area contributed by atoms with Crippen LogP contribution in [-0.4, -0.2) is 33.7 Å². The van der Waals surface area contributed by atoms with Gasteiger partial charge in [0.25, 0.3) is 5.91 Å². The lowest BCUT2D eigenvalue weighted by atomic mass is 10.2. The highest BCUT2D eigenvalue weighted by Gasteiger charge is 2.17. The number of aromatic nitrogens is 2. The molecule has 108 valence electrons. The number of thiazole rings is 1. The van der Waals surface area contributed by atoms with E-state index in [4.69, 9.17) is 5.11 Å². The van der Waals surface area contributed by atoms with E-state index in [1.807, 2.05) is 36.8 Å². The van der Waals surface area contributed by atoms with E-state index in [1.165, 1.54) is 11.3 Å². The van der Waals surface area contributed by atoms with Crippen LogP contribution in [0.1, 0.15) is 28.7 Å². The number of amides is 1. The lowest BCUT2D eigenvalue weighted by Gasteiger charge is -2.10. The summed E-state index contributed by atoms with van der Waals surface area (Å²) in [6, 6.07) is 1.87. The number of rotatable bonds is 5. The summed E-state index contributed by atoms with van der Waals surface area (Å²) < 4.78 is 1.98. The van der Waals surface area contributed by atoms with Gasteiger partial charge < -0.3 is 10.4 Å². The lowest BCUT2D eigenvalue weighted by molar-refractivity contribution is 0.0941. The molecule has 0 saturated heterocycles. The van der Waals surface area contributed by atoms with Crippen molar-refractivity contribution in [3.8, 4) is 5.13 Å². The van der Waals surface area contributed by atoms with Crippen LogP contribution in [0.2, 0.25) is 0 Å². The first-order valence-corrected chi connectivity index (χ1v) is 7.40. The van der Waals surface area contributed by atoms with Gasteiger partial charge in [0.1, 0.15) is 0 Å². The summed E-state index contributed by atoms with van der Waals surface area (Å²) >= 11 is 1.54. The van der Waals surface area contributed by atoms with E-state index >= 15 is 0 Å². The molecule has 2 aromatic rings. The van der Waals surface area contributed by atoms with Crippen molar-refractivity contribution < 1.29 is 9.90 Å². The van der Waals surface area contributed by atoms with Crippen molar-refractivity contribution in [3.05, 3.63) is 34.6 Å². The fourth-order valence-electron chi connectivity index (χ4n) is 2.04. The SMILES string of the molecule is Cc1cc(C(=O)NCC(C)CO)c(C)n1-c1nccs1. The highest BCUT2D eigenvalue weighted by molar-refractivity contribution is 7.12. The van der Waals surface area contributed by atoms with Gasteiger partial charge in [-0.3, -0.25) is 9.36 Å². The van der Waals surface area contributed by atoms with Crippen molar-refractivity contribution in [2.75, 3.05) is 13.2 Å². The zero-order chi connectivity index (χ0) is 14.7. The first-order chi connectivity index (χ1) is 9.54. The minimum absolute atomic E-state index is 0.0569. The van der Waals surface area contributed by atoms with Crippen LogP contribution in [0.4, 0.5) is 0 Å². The third-order valence-corrected chi connectivity index (χ3v) is 3.97. The van der Waals surface area contributed by atoms with Gasteiger partial charge in [-0.2, -0.15) is 0 Å². The maximum atomic E-state index is 12.2. The van der Waals surface area contributed by atoms with E-state index in [0.717, 1.165) is 16.5 Å². The molecule has 20 heavy (non-hydrogen) atoms. The Labute approximate surface area is 122 Å². The van der Waals surface area contributed by atoms with Crippen LogP contribution in [0.3, 0.4) is 0 Å². The van der Waals surface area contributed by atoms with E-state index in [0.29, 0.717) is 12.1 Å². The molecule has 0 aliphatic rings. The third-order valence-electron chi connectivity index (χ3n) is 3.21. The molecule has 2 aromatic heterocycles. The molecule has 1 unspecified atom stereocenters.